The SMILES string of the molecule is O=C(O)C1(C(=O)O)Oc2cc(F)cc(Br)c2O1. The summed E-state index contributed by atoms with van der Waals surface area (Å²) in [5.41, 5.74) is 0. The maximum absolute atomic E-state index is 13.0. The minimum absolute atomic E-state index is 0.0666. The first-order chi connectivity index (χ1) is 7.86. The molecule has 0 aliphatic carbocycles. The average Bonchev–Trinajstić information content (AvgIpc) is 2.58. The molecule has 0 spiro atoms. The van der Waals surface area contributed by atoms with Crippen LogP contribution in [-0.4, -0.2) is 27.9 Å². The van der Waals surface area contributed by atoms with Crippen molar-refractivity contribution in [3.05, 3.63) is 22.4 Å². The number of rotatable bonds is 2. The van der Waals surface area contributed by atoms with E-state index in [-0.39, 0.29) is 16.0 Å². The summed E-state index contributed by atoms with van der Waals surface area (Å²) < 4.78 is 22.5. The molecule has 1 aliphatic rings. The third kappa shape index (κ3) is 1.60. The van der Waals surface area contributed by atoms with E-state index in [1.165, 1.54) is 0 Å². The van der Waals surface area contributed by atoms with Crippen molar-refractivity contribution in [2.24, 2.45) is 0 Å². The summed E-state index contributed by atoms with van der Waals surface area (Å²) in [5, 5.41) is 17.7. The molecule has 0 saturated heterocycles. The van der Waals surface area contributed by atoms with Gasteiger partial charge in [-0.25, -0.2) is 14.0 Å². The Morgan fingerprint density at radius 1 is 1.24 bits per heavy atom. The lowest BCUT2D eigenvalue weighted by Gasteiger charge is -2.16. The van der Waals surface area contributed by atoms with Gasteiger partial charge in [0.15, 0.2) is 11.5 Å². The molecular formula is C9H4BrFO6. The van der Waals surface area contributed by atoms with Gasteiger partial charge in [-0.05, 0) is 22.0 Å². The highest BCUT2D eigenvalue weighted by Gasteiger charge is 2.58. The summed E-state index contributed by atoms with van der Waals surface area (Å²) in [5.74, 6) is -7.73. The van der Waals surface area contributed by atoms with Gasteiger partial charge in [-0.1, -0.05) is 0 Å². The van der Waals surface area contributed by atoms with E-state index in [2.05, 4.69) is 20.7 Å². The van der Waals surface area contributed by atoms with Gasteiger partial charge in [-0.3, -0.25) is 0 Å². The molecular weight excluding hydrogens is 303 g/mol. The van der Waals surface area contributed by atoms with E-state index in [0.29, 0.717) is 0 Å². The van der Waals surface area contributed by atoms with E-state index in [1.807, 2.05) is 0 Å². The number of halogens is 2. The highest BCUT2D eigenvalue weighted by Crippen LogP contribution is 2.45. The second kappa shape index (κ2) is 3.59. The zero-order chi connectivity index (χ0) is 12.8. The lowest BCUT2D eigenvalue weighted by molar-refractivity contribution is -0.194. The van der Waals surface area contributed by atoms with Gasteiger partial charge in [0.25, 0.3) is 0 Å². The molecule has 17 heavy (non-hydrogen) atoms. The van der Waals surface area contributed by atoms with Crippen LogP contribution in [0.5, 0.6) is 11.5 Å². The average molecular weight is 307 g/mol. The molecule has 8 heteroatoms. The molecule has 0 unspecified atom stereocenters. The molecule has 0 bridgehead atoms. The lowest BCUT2D eigenvalue weighted by Crippen LogP contribution is -2.54. The standard InChI is InChI=1S/C9H4BrFO6/c10-4-1-3(11)2-5-6(4)17-9(16-5,7(12)13)8(14)15/h1-2H,(H,12,13)(H,14,15). The fourth-order valence-corrected chi connectivity index (χ4v) is 1.79. The Bertz CT molecular complexity index is 514. The minimum atomic E-state index is -2.88. The molecule has 90 valence electrons. The molecule has 1 aliphatic heterocycles. The van der Waals surface area contributed by atoms with Crippen LogP contribution in [0.2, 0.25) is 0 Å². The predicted molar refractivity (Wildman–Crippen MR) is 53.4 cm³/mol. The van der Waals surface area contributed by atoms with Crippen LogP contribution in [0, 0.1) is 5.82 Å². The topological polar surface area (TPSA) is 93.1 Å². The number of ether oxygens (including phenoxy) is 2. The van der Waals surface area contributed by atoms with Crippen molar-refractivity contribution in [3.8, 4) is 11.5 Å². The van der Waals surface area contributed by atoms with Crippen LogP contribution in [0.15, 0.2) is 16.6 Å². The number of hydrogen-bond donors (Lipinski definition) is 2. The molecule has 0 radical (unpaired) electrons. The maximum Gasteiger partial charge on any atom is 0.453 e. The third-order valence-electron chi connectivity index (χ3n) is 2.04. The Balaban J connectivity index is 2.54. The van der Waals surface area contributed by atoms with Crippen molar-refractivity contribution in [2.45, 2.75) is 5.79 Å². The molecule has 6 nitrogen and oxygen atoms in total. The Hall–Kier alpha value is -1.83. The molecule has 0 aromatic heterocycles. The summed E-state index contributed by atoms with van der Waals surface area (Å²) in [7, 11) is 0. The zero-order valence-electron chi connectivity index (χ0n) is 7.94. The summed E-state index contributed by atoms with van der Waals surface area (Å²) in [4.78, 5) is 21.8. The smallest absolute Gasteiger partial charge is 0.453 e. The van der Waals surface area contributed by atoms with E-state index < -0.39 is 23.5 Å². The summed E-state index contributed by atoms with van der Waals surface area (Å²) in [6.07, 6.45) is 0. The third-order valence-corrected chi connectivity index (χ3v) is 2.63. The Morgan fingerprint density at radius 2 is 1.82 bits per heavy atom. The van der Waals surface area contributed by atoms with E-state index >= 15 is 0 Å². The molecule has 2 N–H and O–H groups in total. The largest absolute Gasteiger partial charge is 0.475 e. The van der Waals surface area contributed by atoms with E-state index in [4.69, 9.17) is 14.9 Å². The number of benzene rings is 1. The zero-order valence-corrected chi connectivity index (χ0v) is 9.52. The quantitative estimate of drug-likeness (QED) is 0.798. The van der Waals surface area contributed by atoms with Crippen LogP contribution >= 0.6 is 15.9 Å². The van der Waals surface area contributed by atoms with Crippen molar-refractivity contribution >= 4 is 27.9 Å². The normalized spacial score (nSPS) is 15.6. The van der Waals surface area contributed by atoms with Gasteiger partial charge < -0.3 is 19.7 Å². The fraction of sp³-hybridized carbons (Fsp3) is 0.111. The molecule has 1 aromatic carbocycles. The van der Waals surface area contributed by atoms with Gasteiger partial charge in [0.2, 0.25) is 0 Å². The van der Waals surface area contributed by atoms with Crippen molar-refractivity contribution in [2.75, 3.05) is 0 Å². The van der Waals surface area contributed by atoms with Crippen LogP contribution in [0.3, 0.4) is 0 Å². The molecule has 1 aromatic rings. The summed E-state index contributed by atoms with van der Waals surface area (Å²) in [6, 6.07) is 1.84. The van der Waals surface area contributed by atoms with Gasteiger partial charge in [-0.15, -0.1) is 0 Å². The first-order valence-electron chi connectivity index (χ1n) is 4.20. The Kier molecular flexibility index (Phi) is 2.46. The molecule has 0 saturated carbocycles. The van der Waals surface area contributed by atoms with Crippen molar-refractivity contribution in [3.63, 3.8) is 0 Å². The number of aliphatic carboxylic acids is 2. The summed E-state index contributed by atoms with van der Waals surface area (Å²) >= 11 is 2.92. The van der Waals surface area contributed by atoms with E-state index in [9.17, 15) is 14.0 Å². The van der Waals surface area contributed by atoms with E-state index in [0.717, 1.165) is 12.1 Å². The molecule has 0 amide bonds. The number of carbonyl (C=O) groups is 2. The van der Waals surface area contributed by atoms with Crippen LogP contribution in [0.1, 0.15) is 0 Å². The predicted octanol–water partition coefficient (Wildman–Crippen LogP) is 1.22. The van der Waals surface area contributed by atoms with E-state index in [1.54, 1.807) is 0 Å². The van der Waals surface area contributed by atoms with Gasteiger partial charge in [0.05, 0.1) is 4.47 Å². The second-order valence-electron chi connectivity index (χ2n) is 3.15. The van der Waals surface area contributed by atoms with Crippen molar-refractivity contribution in [1.82, 2.24) is 0 Å². The number of carboxylic acid groups (broad SMARTS) is 2. The fourth-order valence-electron chi connectivity index (χ4n) is 1.30. The van der Waals surface area contributed by atoms with Crippen LogP contribution in [-0.2, 0) is 9.59 Å². The molecule has 1 heterocycles. The van der Waals surface area contributed by atoms with Crippen LogP contribution in [0.25, 0.3) is 0 Å². The first kappa shape index (κ1) is 11.6. The summed E-state index contributed by atoms with van der Waals surface area (Å²) in [6.45, 7) is 0. The van der Waals surface area contributed by atoms with Crippen LogP contribution < -0.4 is 9.47 Å². The molecule has 0 fully saturated rings. The van der Waals surface area contributed by atoms with Crippen LogP contribution in [0.4, 0.5) is 4.39 Å². The van der Waals surface area contributed by atoms with Crippen molar-refractivity contribution in [1.29, 1.82) is 0 Å². The Labute approximate surface area is 102 Å². The Morgan fingerprint density at radius 3 is 2.35 bits per heavy atom. The van der Waals surface area contributed by atoms with Gasteiger partial charge in [0, 0.05) is 6.07 Å². The van der Waals surface area contributed by atoms with Gasteiger partial charge >= 0.3 is 17.7 Å². The molecule has 0 atom stereocenters. The lowest BCUT2D eigenvalue weighted by atomic mass is 10.3. The maximum atomic E-state index is 13.0. The number of carboxylic acids is 2. The van der Waals surface area contributed by atoms with Gasteiger partial charge in [-0.2, -0.15) is 0 Å². The first-order valence-corrected chi connectivity index (χ1v) is 5.00. The second-order valence-corrected chi connectivity index (χ2v) is 4.00. The molecule has 2 rings (SSSR count). The highest BCUT2D eigenvalue weighted by molar-refractivity contribution is 9.10. The minimum Gasteiger partial charge on any atom is -0.475 e. The number of hydrogen-bond acceptors (Lipinski definition) is 4. The van der Waals surface area contributed by atoms with Crippen molar-refractivity contribution < 1.29 is 33.7 Å². The monoisotopic (exact) mass is 306 g/mol. The number of fused-ring (bicyclic) bond motifs is 1. The van der Waals surface area contributed by atoms with Gasteiger partial charge in [0.1, 0.15) is 5.82 Å². The highest BCUT2D eigenvalue weighted by atomic mass is 79.9.